The van der Waals surface area contributed by atoms with Crippen LogP contribution >= 0.6 is 11.6 Å². The van der Waals surface area contributed by atoms with Crippen LogP contribution in [0.2, 0.25) is 0 Å². The van der Waals surface area contributed by atoms with E-state index in [0.29, 0.717) is 25.3 Å². The zero-order chi connectivity index (χ0) is 11.3. The molecule has 1 atom stereocenters. The number of hydrogen-bond donors (Lipinski definition) is 0. The normalized spacial score (nSPS) is 24.6. The molecule has 0 aromatic rings. The number of ether oxygens (including phenoxy) is 1. The van der Waals surface area contributed by atoms with Crippen LogP contribution in [0.15, 0.2) is 5.16 Å². The minimum Gasteiger partial charge on any atom is -0.463 e. The van der Waals surface area contributed by atoms with E-state index in [1.165, 1.54) is 0 Å². The number of esters is 1. The van der Waals surface area contributed by atoms with Gasteiger partial charge >= 0.3 is 5.97 Å². The lowest BCUT2D eigenvalue weighted by Gasteiger charge is -2.19. The molecule has 0 amide bonds. The second kappa shape index (κ2) is 5.35. The Morgan fingerprint density at radius 2 is 2.47 bits per heavy atom. The molecule has 0 saturated heterocycles. The summed E-state index contributed by atoms with van der Waals surface area (Å²) in [4.78, 5) is 16.8. The zero-order valence-corrected chi connectivity index (χ0v) is 9.84. The van der Waals surface area contributed by atoms with Gasteiger partial charge in [0.05, 0.1) is 12.3 Å². The second-order valence-corrected chi connectivity index (χ2v) is 4.07. The summed E-state index contributed by atoms with van der Waals surface area (Å²) in [6, 6.07) is 0. The molecule has 0 bridgehead atoms. The van der Waals surface area contributed by atoms with Crippen molar-refractivity contribution in [3.05, 3.63) is 0 Å². The number of hydrogen-bond acceptors (Lipinski definition) is 4. The van der Waals surface area contributed by atoms with Crippen molar-refractivity contribution in [1.82, 2.24) is 0 Å². The van der Waals surface area contributed by atoms with Crippen molar-refractivity contribution in [1.29, 1.82) is 0 Å². The topological polar surface area (TPSA) is 47.9 Å². The maximum atomic E-state index is 11.6. The zero-order valence-electron chi connectivity index (χ0n) is 9.09. The molecular formula is C10H16ClNO3. The SMILES string of the molecule is CCC1=NOC(C)(C(=O)OCCCCl)C1. The van der Waals surface area contributed by atoms with Gasteiger partial charge in [-0.05, 0) is 19.8 Å². The highest BCUT2D eigenvalue weighted by Crippen LogP contribution is 2.26. The van der Waals surface area contributed by atoms with Gasteiger partial charge in [-0.3, -0.25) is 0 Å². The van der Waals surface area contributed by atoms with Crippen molar-refractivity contribution in [3.8, 4) is 0 Å². The van der Waals surface area contributed by atoms with Gasteiger partial charge in [-0.25, -0.2) is 4.79 Å². The van der Waals surface area contributed by atoms with Gasteiger partial charge in [-0.1, -0.05) is 12.1 Å². The summed E-state index contributed by atoms with van der Waals surface area (Å²) in [5.74, 6) is 0.126. The number of carbonyl (C=O) groups excluding carboxylic acids is 1. The Morgan fingerprint density at radius 1 is 1.73 bits per heavy atom. The highest BCUT2D eigenvalue weighted by molar-refractivity contribution is 6.17. The van der Waals surface area contributed by atoms with E-state index in [4.69, 9.17) is 21.2 Å². The minimum absolute atomic E-state index is 0.336. The van der Waals surface area contributed by atoms with Gasteiger partial charge in [0.15, 0.2) is 0 Å². The molecule has 0 N–H and O–H groups in total. The number of carbonyl (C=O) groups is 1. The first-order valence-corrected chi connectivity index (χ1v) is 5.63. The molecule has 15 heavy (non-hydrogen) atoms. The molecule has 5 heteroatoms. The van der Waals surface area contributed by atoms with Gasteiger partial charge in [0.1, 0.15) is 0 Å². The van der Waals surface area contributed by atoms with Crippen molar-refractivity contribution in [2.75, 3.05) is 12.5 Å². The van der Waals surface area contributed by atoms with Gasteiger partial charge in [0.25, 0.3) is 0 Å². The molecule has 0 aliphatic carbocycles. The standard InChI is InChI=1S/C10H16ClNO3/c1-3-8-7-10(2,15-12-8)9(13)14-6-4-5-11/h3-7H2,1-2H3. The van der Waals surface area contributed by atoms with Crippen molar-refractivity contribution < 1.29 is 14.4 Å². The molecule has 0 aromatic carbocycles. The lowest BCUT2D eigenvalue weighted by atomic mass is 9.99. The predicted octanol–water partition coefficient (Wildman–Crippen LogP) is 2.10. The van der Waals surface area contributed by atoms with Gasteiger partial charge in [0.2, 0.25) is 5.60 Å². The van der Waals surface area contributed by atoms with Crippen LogP contribution in [0.5, 0.6) is 0 Å². The summed E-state index contributed by atoms with van der Waals surface area (Å²) in [7, 11) is 0. The first-order valence-electron chi connectivity index (χ1n) is 5.09. The summed E-state index contributed by atoms with van der Waals surface area (Å²) in [5.41, 5.74) is -0.0377. The Labute approximate surface area is 94.6 Å². The molecule has 1 unspecified atom stereocenters. The molecule has 1 aliphatic heterocycles. The Bertz CT molecular complexity index is 267. The summed E-state index contributed by atoms with van der Waals surface area (Å²) >= 11 is 5.48. The molecule has 4 nitrogen and oxygen atoms in total. The van der Waals surface area contributed by atoms with E-state index in [0.717, 1.165) is 12.1 Å². The monoisotopic (exact) mass is 233 g/mol. The van der Waals surface area contributed by atoms with Gasteiger partial charge in [-0.2, -0.15) is 0 Å². The molecule has 0 aromatic heterocycles. The van der Waals surface area contributed by atoms with Crippen LogP contribution in [0.4, 0.5) is 0 Å². The van der Waals surface area contributed by atoms with Crippen molar-refractivity contribution in [3.63, 3.8) is 0 Å². The predicted molar refractivity (Wildman–Crippen MR) is 58.1 cm³/mol. The summed E-state index contributed by atoms with van der Waals surface area (Å²) in [5, 5.41) is 3.85. The Morgan fingerprint density at radius 3 is 3.00 bits per heavy atom. The van der Waals surface area contributed by atoms with Crippen LogP contribution < -0.4 is 0 Å². The highest BCUT2D eigenvalue weighted by Gasteiger charge is 2.42. The number of halogens is 1. The number of alkyl halides is 1. The number of oxime groups is 1. The van der Waals surface area contributed by atoms with E-state index in [1.54, 1.807) is 6.92 Å². The van der Waals surface area contributed by atoms with Gasteiger partial charge in [-0.15, -0.1) is 11.6 Å². The van der Waals surface area contributed by atoms with Gasteiger partial charge < -0.3 is 9.57 Å². The summed E-state index contributed by atoms with van der Waals surface area (Å²) < 4.78 is 5.04. The van der Waals surface area contributed by atoms with Crippen LogP contribution in [0, 0.1) is 0 Å². The Balaban J connectivity index is 2.40. The number of nitrogens with zero attached hydrogens (tertiary/aromatic N) is 1. The Hall–Kier alpha value is -0.770. The third kappa shape index (κ3) is 3.09. The van der Waals surface area contributed by atoms with Crippen LogP contribution in [0.3, 0.4) is 0 Å². The van der Waals surface area contributed by atoms with Gasteiger partial charge in [0, 0.05) is 12.3 Å². The molecule has 0 fully saturated rings. The lowest BCUT2D eigenvalue weighted by Crippen LogP contribution is -2.37. The minimum atomic E-state index is -0.933. The largest absolute Gasteiger partial charge is 0.463 e. The molecule has 1 rings (SSSR count). The van der Waals surface area contributed by atoms with E-state index in [2.05, 4.69) is 5.16 Å². The van der Waals surface area contributed by atoms with E-state index in [-0.39, 0.29) is 5.97 Å². The average Bonchev–Trinajstić information content (AvgIpc) is 2.62. The van der Waals surface area contributed by atoms with E-state index in [1.807, 2.05) is 6.92 Å². The average molecular weight is 234 g/mol. The fourth-order valence-corrected chi connectivity index (χ4v) is 1.40. The molecule has 0 radical (unpaired) electrons. The third-order valence-electron chi connectivity index (χ3n) is 2.27. The fourth-order valence-electron chi connectivity index (χ4n) is 1.29. The third-order valence-corrected chi connectivity index (χ3v) is 2.54. The van der Waals surface area contributed by atoms with Crippen molar-refractivity contribution in [2.24, 2.45) is 5.16 Å². The first kappa shape index (κ1) is 12.3. The van der Waals surface area contributed by atoms with E-state index < -0.39 is 5.60 Å². The van der Waals surface area contributed by atoms with Crippen LogP contribution in [-0.4, -0.2) is 29.8 Å². The molecule has 0 spiro atoms. The highest BCUT2D eigenvalue weighted by atomic mass is 35.5. The van der Waals surface area contributed by atoms with Crippen LogP contribution in [0.1, 0.15) is 33.1 Å². The summed E-state index contributed by atoms with van der Waals surface area (Å²) in [6.45, 7) is 4.01. The smallest absolute Gasteiger partial charge is 0.353 e. The Kier molecular flexibility index (Phi) is 4.39. The molecular weight excluding hydrogens is 218 g/mol. The van der Waals surface area contributed by atoms with Crippen LogP contribution in [0.25, 0.3) is 0 Å². The maximum absolute atomic E-state index is 11.6. The fraction of sp³-hybridized carbons (Fsp3) is 0.800. The van der Waals surface area contributed by atoms with E-state index >= 15 is 0 Å². The summed E-state index contributed by atoms with van der Waals surface area (Å²) in [6.07, 6.45) is 1.97. The van der Waals surface area contributed by atoms with Crippen molar-refractivity contribution in [2.45, 2.75) is 38.7 Å². The quantitative estimate of drug-likeness (QED) is 0.415. The second-order valence-electron chi connectivity index (χ2n) is 3.69. The number of rotatable bonds is 5. The molecule has 0 saturated carbocycles. The maximum Gasteiger partial charge on any atom is 0.353 e. The van der Waals surface area contributed by atoms with Crippen LogP contribution in [-0.2, 0) is 14.4 Å². The van der Waals surface area contributed by atoms with Crippen molar-refractivity contribution >= 4 is 23.3 Å². The lowest BCUT2D eigenvalue weighted by molar-refractivity contribution is -0.167. The molecule has 1 aliphatic rings. The van der Waals surface area contributed by atoms with E-state index in [9.17, 15) is 4.79 Å². The molecule has 1 heterocycles. The molecule has 86 valence electrons. The first-order chi connectivity index (χ1) is 7.12.